The van der Waals surface area contributed by atoms with Gasteiger partial charge in [0, 0.05) is 30.4 Å². The van der Waals surface area contributed by atoms with Gasteiger partial charge in [-0.15, -0.1) is 23.4 Å². The summed E-state index contributed by atoms with van der Waals surface area (Å²) in [6, 6.07) is 3.98. The predicted molar refractivity (Wildman–Crippen MR) is 103 cm³/mol. The summed E-state index contributed by atoms with van der Waals surface area (Å²) >= 11 is 7.69. The molecule has 24 heavy (non-hydrogen) atoms. The number of nitrogens with zero attached hydrogens (tertiary/aromatic N) is 2. The van der Waals surface area contributed by atoms with Crippen LogP contribution >= 0.6 is 23.4 Å². The number of hydrogen-bond donors (Lipinski definition) is 0. The zero-order valence-corrected chi connectivity index (χ0v) is 16.2. The molecule has 0 aliphatic carbocycles. The van der Waals surface area contributed by atoms with Gasteiger partial charge in [-0.2, -0.15) is 0 Å². The fraction of sp³-hybridized carbons (Fsp3) is 0.684. The van der Waals surface area contributed by atoms with Gasteiger partial charge in [-0.25, -0.2) is 0 Å². The van der Waals surface area contributed by atoms with E-state index in [0.29, 0.717) is 12.4 Å². The summed E-state index contributed by atoms with van der Waals surface area (Å²) in [4.78, 5) is 18.8. The van der Waals surface area contributed by atoms with E-state index >= 15 is 0 Å². The highest BCUT2D eigenvalue weighted by molar-refractivity contribution is 8.01. The smallest absolute Gasteiger partial charge is 0.236 e. The second kappa shape index (κ2) is 11.0. The van der Waals surface area contributed by atoms with E-state index in [4.69, 9.17) is 11.6 Å². The Balaban J connectivity index is 1.82. The van der Waals surface area contributed by atoms with Gasteiger partial charge in [-0.05, 0) is 12.5 Å². The van der Waals surface area contributed by atoms with Crippen molar-refractivity contribution in [2.24, 2.45) is 0 Å². The third-order valence-electron chi connectivity index (χ3n) is 4.50. The van der Waals surface area contributed by atoms with Crippen molar-refractivity contribution in [1.82, 2.24) is 9.88 Å². The number of halogens is 1. The van der Waals surface area contributed by atoms with E-state index in [9.17, 15) is 4.79 Å². The Hall–Kier alpha value is -0.740. The summed E-state index contributed by atoms with van der Waals surface area (Å²) in [5.41, 5.74) is 1.10. The van der Waals surface area contributed by atoms with Crippen LogP contribution in [-0.2, 0) is 4.79 Å². The van der Waals surface area contributed by atoms with Crippen molar-refractivity contribution in [1.29, 1.82) is 0 Å². The minimum absolute atomic E-state index is 0.0690. The minimum atomic E-state index is 0.0690. The van der Waals surface area contributed by atoms with Crippen molar-refractivity contribution in [3.8, 4) is 0 Å². The highest BCUT2D eigenvalue weighted by Gasteiger charge is 2.40. The van der Waals surface area contributed by atoms with E-state index in [-0.39, 0.29) is 16.5 Å². The normalized spacial score (nSPS) is 20.8. The molecule has 0 radical (unpaired) electrons. The average Bonchev–Trinajstić information content (AvgIpc) is 2.92. The number of thioether (sulfide) groups is 1. The van der Waals surface area contributed by atoms with Crippen LogP contribution in [0.2, 0.25) is 0 Å². The fourth-order valence-corrected chi connectivity index (χ4v) is 4.87. The number of pyridine rings is 1. The van der Waals surface area contributed by atoms with E-state index in [2.05, 4.69) is 18.0 Å². The first-order valence-corrected chi connectivity index (χ1v) is 10.7. The topological polar surface area (TPSA) is 33.2 Å². The molecular weight excluding hydrogens is 340 g/mol. The first-order chi connectivity index (χ1) is 11.8. The lowest BCUT2D eigenvalue weighted by Crippen LogP contribution is -2.32. The molecule has 2 rings (SSSR count). The van der Waals surface area contributed by atoms with Crippen molar-refractivity contribution in [2.75, 3.05) is 12.4 Å². The highest BCUT2D eigenvalue weighted by atomic mass is 35.5. The Kier molecular flexibility index (Phi) is 8.97. The van der Waals surface area contributed by atoms with Gasteiger partial charge in [-0.1, -0.05) is 57.9 Å². The SMILES string of the molecule is CCCCCCCCCC1SC(c2cccnc2)N(CCCl)C1=O. The molecule has 1 aliphatic rings. The summed E-state index contributed by atoms with van der Waals surface area (Å²) in [5.74, 6) is 0.730. The molecule has 1 aromatic rings. The highest BCUT2D eigenvalue weighted by Crippen LogP contribution is 2.44. The lowest BCUT2D eigenvalue weighted by Gasteiger charge is -2.22. The maximum Gasteiger partial charge on any atom is 0.236 e. The summed E-state index contributed by atoms with van der Waals surface area (Å²) in [6.07, 6.45) is 13.6. The van der Waals surface area contributed by atoms with Crippen LogP contribution in [-0.4, -0.2) is 33.5 Å². The van der Waals surface area contributed by atoms with Crippen LogP contribution in [0.3, 0.4) is 0 Å². The van der Waals surface area contributed by atoms with Crippen LogP contribution in [0.5, 0.6) is 0 Å². The molecule has 1 fully saturated rings. The quantitative estimate of drug-likeness (QED) is 0.387. The molecule has 2 unspecified atom stereocenters. The van der Waals surface area contributed by atoms with Crippen molar-refractivity contribution >= 4 is 29.3 Å². The molecule has 1 amide bonds. The van der Waals surface area contributed by atoms with Crippen LogP contribution < -0.4 is 0 Å². The summed E-state index contributed by atoms with van der Waals surface area (Å²) in [7, 11) is 0. The predicted octanol–water partition coefficient (Wildman–Crippen LogP) is 5.40. The summed E-state index contributed by atoms with van der Waals surface area (Å²) in [6.45, 7) is 2.86. The molecular formula is C19H29ClN2OS. The summed E-state index contributed by atoms with van der Waals surface area (Å²) in [5, 5.41) is 0.147. The Bertz CT molecular complexity index is 486. The second-order valence-electron chi connectivity index (χ2n) is 6.39. The van der Waals surface area contributed by atoms with Gasteiger partial charge in [0.05, 0.1) is 5.25 Å². The van der Waals surface area contributed by atoms with Crippen LogP contribution in [0.1, 0.15) is 69.2 Å². The number of carbonyl (C=O) groups excluding carboxylic acids is 1. The molecule has 0 aromatic carbocycles. The molecule has 1 aliphatic heterocycles. The van der Waals surface area contributed by atoms with Crippen LogP contribution in [0.4, 0.5) is 0 Å². The lowest BCUT2D eigenvalue weighted by atomic mass is 10.1. The third-order valence-corrected chi connectivity index (χ3v) is 6.22. The van der Waals surface area contributed by atoms with Crippen LogP contribution in [0, 0.1) is 0 Å². The Morgan fingerprint density at radius 1 is 1.21 bits per heavy atom. The maximum atomic E-state index is 12.7. The van der Waals surface area contributed by atoms with E-state index in [0.717, 1.165) is 18.4 Å². The molecule has 5 heteroatoms. The number of carbonyl (C=O) groups is 1. The van der Waals surface area contributed by atoms with Crippen molar-refractivity contribution in [2.45, 2.75) is 68.9 Å². The molecule has 0 N–H and O–H groups in total. The summed E-state index contributed by atoms with van der Waals surface area (Å²) < 4.78 is 0. The third kappa shape index (κ3) is 5.66. The molecule has 1 aromatic heterocycles. The number of unbranched alkanes of at least 4 members (excludes halogenated alkanes) is 6. The van der Waals surface area contributed by atoms with E-state index in [1.807, 2.05) is 17.2 Å². The Morgan fingerprint density at radius 3 is 2.62 bits per heavy atom. The van der Waals surface area contributed by atoms with Crippen LogP contribution in [0.15, 0.2) is 24.5 Å². The van der Waals surface area contributed by atoms with Gasteiger partial charge in [0.15, 0.2) is 0 Å². The number of alkyl halides is 1. The zero-order valence-electron chi connectivity index (χ0n) is 14.6. The molecule has 3 nitrogen and oxygen atoms in total. The van der Waals surface area contributed by atoms with E-state index in [1.54, 1.807) is 18.0 Å². The number of aromatic nitrogens is 1. The lowest BCUT2D eigenvalue weighted by molar-refractivity contribution is -0.129. The number of rotatable bonds is 11. The fourth-order valence-electron chi connectivity index (χ4n) is 3.17. The van der Waals surface area contributed by atoms with Gasteiger partial charge in [0.2, 0.25) is 5.91 Å². The molecule has 0 bridgehead atoms. The van der Waals surface area contributed by atoms with E-state index < -0.39 is 0 Å². The Morgan fingerprint density at radius 2 is 1.96 bits per heavy atom. The largest absolute Gasteiger partial charge is 0.324 e. The monoisotopic (exact) mass is 368 g/mol. The maximum absolute atomic E-state index is 12.7. The number of amides is 1. The van der Waals surface area contributed by atoms with Crippen molar-refractivity contribution in [3.05, 3.63) is 30.1 Å². The van der Waals surface area contributed by atoms with E-state index in [1.165, 1.54) is 38.5 Å². The van der Waals surface area contributed by atoms with Gasteiger partial charge < -0.3 is 4.90 Å². The minimum Gasteiger partial charge on any atom is -0.324 e. The molecule has 2 heterocycles. The second-order valence-corrected chi connectivity index (χ2v) is 8.06. The molecule has 1 saturated heterocycles. The number of hydrogen-bond acceptors (Lipinski definition) is 3. The average molecular weight is 369 g/mol. The molecule has 2 atom stereocenters. The van der Waals surface area contributed by atoms with Gasteiger partial charge in [0.1, 0.15) is 5.37 Å². The standard InChI is InChI=1S/C19H29ClN2OS/c1-2-3-4-5-6-7-8-11-17-18(23)22(14-12-20)19(24-17)16-10-9-13-21-15-16/h9-10,13,15,17,19H,2-8,11-12,14H2,1H3. The first-order valence-electron chi connectivity index (χ1n) is 9.19. The van der Waals surface area contributed by atoms with Gasteiger partial charge >= 0.3 is 0 Å². The van der Waals surface area contributed by atoms with Crippen LogP contribution in [0.25, 0.3) is 0 Å². The first kappa shape index (κ1) is 19.6. The molecule has 0 saturated carbocycles. The molecule has 134 valence electrons. The Labute approximate surface area is 155 Å². The van der Waals surface area contributed by atoms with Gasteiger partial charge in [0.25, 0.3) is 0 Å². The van der Waals surface area contributed by atoms with Gasteiger partial charge in [-0.3, -0.25) is 9.78 Å². The van der Waals surface area contributed by atoms with Crippen molar-refractivity contribution < 1.29 is 4.79 Å². The van der Waals surface area contributed by atoms with Crippen molar-refractivity contribution in [3.63, 3.8) is 0 Å². The molecule has 0 spiro atoms. The zero-order chi connectivity index (χ0) is 17.2.